The van der Waals surface area contributed by atoms with Crippen LogP contribution >= 0.6 is 0 Å². The van der Waals surface area contributed by atoms with E-state index in [1.54, 1.807) is 17.6 Å². The molecule has 1 aliphatic carbocycles. The van der Waals surface area contributed by atoms with Gasteiger partial charge in [-0.25, -0.2) is 8.91 Å². The second-order valence-corrected chi connectivity index (χ2v) is 13.0. The molecule has 2 amide bonds. The van der Waals surface area contributed by atoms with Crippen LogP contribution in [0.4, 0.5) is 4.39 Å². The number of carbonyl (C=O) groups excluding carboxylic acids is 2. The number of aromatic nitrogens is 3. The van der Waals surface area contributed by atoms with E-state index in [1.165, 1.54) is 35.4 Å². The molecule has 0 spiro atoms. The zero-order chi connectivity index (χ0) is 29.1. The van der Waals surface area contributed by atoms with E-state index in [4.69, 9.17) is 5.10 Å². The van der Waals surface area contributed by atoms with Gasteiger partial charge in [-0.15, -0.1) is 0 Å². The smallest absolute Gasteiger partial charge is 0.255 e. The maximum absolute atomic E-state index is 15.7. The lowest BCUT2D eigenvalue weighted by Gasteiger charge is -2.32. The van der Waals surface area contributed by atoms with Gasteiger partial charge in [0.1, 0.15) is 17.0 Å². The summed E-state index contributed by atoms with van der Waals surface area (Å²) in [5.41, 5.74) is 5.90. The van der Waals surface area contributed by atoms with Gasteiger partial charge in [-0.2, -0.15) is 5.10 Å². The Hall–Kier alpha value is -3.68. The number of para-hydroxylation sites is 1. The predicted molar refractivity (Wildman–Crippen MR) is 162 cm³/mol. The Morgan fingerprint density at radius 2 is 1.79 bits per heavy atom. The van der Waals surface area contributed by atoms with Gasteiger partial charge in [0, 0.05) is 56.8 Å². The molecule has 220 valence electrons. The molecule has 0 radical (unpaired) electrons. The Labute approximate surface area is 246 Å². The molecule has 42 heavy (non-hydrogen) atoms. The van der Waals surface area contributed by atoms with Crippen LogP contribution in [-0.2, 0) is 11.3 Å². The highest BCUT2D eigenvalue weighted by atomic mass is 19.1. The maximum atomic E-state index is 15.7. The number of carbonyl (C=O) groups is 2. The first-order chi connectivity index (χ1) is 20.3. The van der Waals surface area contributed by atoms with Crippen LogP contribution in [0.1, 0.15) is 79.8 Å². The van der Waals surface area contributed by atoms with E-state index < -0.39 is 5.82 Å². The van der Waals surface area contributed by atoms with Crippen molar-refractivity contribution in [2.24, 2.45) is 11.8 Å². The number of aryl methyl sites for hydroxylation is 1. The third-order valence-electron chi connectivity index (χ3n) is 9.82. The molecular formula is C34H40FN5O2. The molecular weight excluding hydrogens is 529 g/mol. The van der Waals surface area contributed by atoms with Gasteiger partial charge in [0.25, 0.3) is 5.91 Å². The number of halogens is 1. The van der Waals surface area contributed by atoms with Gasteiger partial charge < -0.3 is 14.4 Å². The number of pyridine rings is 1. The lowest BCUT2D eigenvalue weighted by atomic mass is 9.88. The third-order valence-corrected chi connectivity index (χ3v) is 9.82. The summed E-state index contributed by atoms with van der Waals surface area (Å²) in [5.74, 6) is 1.09. The lowest BCUT2D eigenvalue weighted by molar-refractivity contribution is -0.129. The van der Waals surface area contributed by atoms with Crippen LogP contribution < -0.4 is 0 Å². The lowest BCUT2D eigenvalue weighted by Crippen LogP contribution is -2.39. The molecule has 1 saturated carbocycles. The topological polar surface area (TPSA) is 62.9 Å². The summed E-state index contributed by atoms with van der Waals surface area (Å²) in [5, 5.41) is 6.11. The fourth-order valence-corrected chi connectivity index (χ4v) is 7.32. The van der Waals surface area contributed by atoms with Crippen molar-refractivity contribution in [1.82, 2.24) is 24.0 Å². The molecule has 2 saturated heterocycles. The Bertz CT molecular complexity index is 1690. The van der Waals surface area contributed by atoms with Crippen molar-refractivity contribution in [2.75, 3.05) is 26.2 Å². The van der Waals surface area contributed by atoms with Crippen LogP contribution in [-0.4, -0.2) is 62.0 Å². The maximum Gasteiger partial charge on any atom is 0.255 e. The van der Waals surface area contributed by atoms with Gasteiger partial charge in [-0.1, -0.05) is 25.1 Å². The molecule has 7 rings (SSSR count). The second kappa shape index (κ2) is 10.5. The Morgan fingerprint density at radius 1 is 1.00 bits per heavy atom. The van der Waals surface area contributed by atoms with Crippen LogP contribution in [0, 0.1) is 24.6 Å². The summed E-state index contributed by atoms with van der Waals surface area (Å²) >= 11 is 0. The van der Waals surface area contributed by atoms with Crippen molar-refractivity contribution >= 4 is 28.2 Å². The minimum Gasteiger partial charge on any atom is -0.343 e. The molecule has 2 aliphatic heterocycles. The highest BCUT2D eigenvalue weighted by Gasteiger charge is 2.30. The van der Waals surface area contributed by atoms with E-state index in [0.717, 1.165) is 62.3 Å². The van der Waals surface area contributed by atoms with E-state index in [1.807, 2.05) is 16.7 Å². The number of piperidine rings is 2. The summed E-state index contributed by atoms with van der Waals surface area (Å²) in [6, 6.07) is 10.1. The van der Waals surface area contributed by atoms with Gasteiger partial charge >= 0.3 is 0 Å². The van der Waals surface area contributed by atoms with Crippen LogP contribution in [0.15, 0.2) is 36.5 Å². The molecule has 0 bridgehead atoms. The van der Waals surface area contributed by atoms with Crippen molar-refractivity contribution in [1.29, 1.82) is 0 Å². The van der Waals surface area contributed by atoms with Gasteiger partial charge in [-0.05, 0) is 80.9 Å². The summed E-state index contributed by atoms with van der Waals surface area (Å²) in [4.78, 5) is 29.1. The van der Waals surface area contributed by atoms with E-state index in [9.17, 15) is 9.59 Å². The van der Waals surface area contributed by atoms with Crippen LogP contribution in [0.5, 0.6) is 0 Å². The Morgan fingerprint density at radius 3 is 2.50 bits per heavy atom. The van der Waals surface area contributed by atoms with Crippen molar-refractivity contribution in [2.45, 2.75) is 71.8 Å². The number of likely N-dealkylation sites (tertiary alicyclic amines) is 2. The first-order valence-electron chi connectivity index (χ1n) is 15.6. The summed E-state index contributed by atoms with van der Waals surface area (Å²) < 4.78 is 19.7. The van der Waals surface area contributed by atoms with Crippen LogP contribution in [0.2, 0.25) is 0 Å². The second-order valence-electron chi connectivity index (χ2n) is 13.0. The molecule has 0 N–H and O–H groups in total. The SMILES string of the molecule is CC(=O)N1CCC(c2cccc3cc(-c4nn5cc(C(=O)N6CCC[C@@H](C)C6)cc(F)c5c4C)n(CC4CC4)c23)CC1. The van der Waals surface area contributed by atoms with Gasteiger partial charge in [0.15, 0.2) is 0 Å². The minimum absolute atomic E-state index is 0.125. The molecule has 4 aromatic rings. The molecule has 3 aliphatic rings. The first kappa shape index (κ1) is 27.2. The van der Waals surface area contributed by atoms with E-state index in [2.05, 4.69) is 35.8 Å². The van der Waals surface area contributed by atoms with Crippen molar-refractivity contribution in [3.63, 3.8) is 0 Å². The molecule has 3 fully saturated rings. The molecule has 0 unspecified atom stereocenters. The zero-order valence-corrected chi connectivity index (χ0v) is 24.9. The number of amides is 2. The minimum atomic E-state index is -0.412. The highest BCUT2D eigenvalue weighted by Crippen LogP contribution is 2.41. The monoisotopic (exact) mass is 569 g/mol. The van der Waals surface area contributed by atoms with Gasteiger partial charge in [0.05, 0.1) is 16.8 Å². The number of hydrogen-bond donors (Lipinski definition) is 0. The fraction of sp³-hybridized carbons (Fsp3) is 0.500. The number of fused-ring (bicyclic) bond motifs is 2. The summed E-state index contributed by atoms with van der Waals surface area (Å²) in [7, 11) is 0. The molecule has 8 heteroatoms. The van der Waals surface area contributed by atoms with Crippen LogP contribution in [0.25, 0.3) is 27.8 Å². The van der Waals surface area contributed by atoms with Gasteiger partial charge in [-0.3, -0.25) is 9.59 Å². The number of benzene rings is 1. The average molecular weight is 570 g/mol. The van der Waals surface area contributed by atoms with E-state index >= 15 is 4.39 Å². The fourth-order valence-electron chi connectivity index (χ4n) is 7.32. The predicted octanol–water partition coefficient (Wildman–Crippen LogP) is 6.41. The summed E-state index contributed by atoms with van der Waals surface area (Å²) in [6.45, 7) is 9.65. The summed E-state index contributed by atoms with van der Waals surface area (Å²) in [6.07, 6.45) is 8.15. The quantitative estimate of drug-likeness (QED) is 0.279. The van der Waals surface area contributed by atoms with Crippen LogP contribution in [0.3, 0.4) is 0 Å². The molecule has 7 nitrogen and oxygen atoms in total. The number of hydrogen-bond acceptors (Lipinski definition) is 3. The molecule has 3 aromatic heterocycles. The third kappa shape index (κ3) is 4.78. The zero-order valence-electron chi connectivity index (χ0n) is 24.9. The Balaban J connectivity index is 1.31. The number of rotatable bonds is 5. The first-order valence-corrected chi connectivity index (χ1v) is 15.6. The van der Waals surface area contributed by atoms with Gasteiger partial charge in [0.2, 0.25) is 5.91 Å². The standard InChI is InChI=1S/C34H40FN5O2/c1-21-6-5-13-38(18-21)34(42)27-16-29(35)32-22(2)31(36-40(32)20-27)30-17-26-7-4-8-28(33(26)39(30)19-24-9-10-24)25-11-14-37(15-12-25)23(3)41/h4,7-8,16-17,20-21,24-25H,5-6,9-15,18-19H2,1-3H3/t21-/m1/s1. The Kier molecular flexibility index (Phi) is 6.82. The molecule has 1 aromatic carbocycles. The van der Waals surface area contributed by atoms with Crippen molar-refractivity contribution < 1.29 is 14.0 Å². The van der Waals surface area contributed by atoms with Crippen molar-refractivity contribution in [3.8, 4) is 11.4 Å². The van der Waals surface area contributed by atoms with E-state index in [-0.39, 0.29) is 11.8 Å². The highest BCUT2D eigenvalue weighted by molar-refractivity contribution is 5.95. The average Bonchev–Trinajstić information content (AvgIpc) is 3.64. The molecule has 1 atom stereocenters. The molecule has 5 heterocycles. The normalized spacial score (nSPS) is 20.1. The van der Waals surface area contributed by atoms with Crippen molar-refractivity contribution in [3.05, 3.63) is 59.0 Å². The van der Waals surface area contributed by atoms with E-state index in [0.29, 0.717) is 41.9 Å². The number of nitrogens with zero attached hydrogens (tertiary/aromatic N) is 5. The largest absolute Gasteiger partial charge is 0.343 e.